The highest BCUT2D eigenvalue weighted by Gasteiger charge is 2.35. The maximum Gasteiger partial charge on any atom is 0.213 e. The van der Waals surface area contributed by atoms with E-state index in [9.17, 15) is 0 Å². The number of aliphatic imine (C=N–C) groups is 1. The van der Waals surface area contributed by atoms with Crippen LogP contribution in [0.3, 0.4) is 0 Å². The van der Waals surface area contributed by atoms with E-state index in [1.165, 1.54) is 118 Å². The van der Waals surface area contributed by atoms with E-state index in [1.807, 2.05) is 203 Å². The molecule has 10 aromatic rings. The summed E-state index contributed by atoms with van der Waals surface area (Å²) in [4.78, 5) is 13.8. The molecule has 0 bridgehead atoms. The number of hydrogen-bond donors (Lipinski definition) is 3. The molecule has 0 amide bonds. The van der Waals surface area contributed by atoms with Gasteiger partial charge in [-0.15, -0.1) is 10.2 Å². The molecule has 6 heterocycles. The van der Waals surface area contributed by atoms with E-state index in [2.05, 4.69) is 366 Å². The van der Waals surface area contributed by atoms with Crippen LogP contribution in [0.1, 0.15) is 403 Å². The summed E-state index contributed by atoms with van der Waals surface area (Å²) in [7, 11) is 0. The molecular weight excluding hydrogens is 1540 g/mol. The maximum absolute atomic E-state index is 4.58. The summed E-state index contributed by atoms with van der Waals surface area (Å²) < 4.78 is 4.58. The molecule has 11 nitrogen and oxygen atoms in total. The van der Waals surface area contributed by atoms with Gasteiger partial charge in [-0.1, -0.05) is 504 Å². The van der Waals surface area contributed by atoms with Gasteiger partial charge in [-0.05, 0) is 164 Å². The average Bonchev–Trinajstić information content (AvgIpc) is 1.14. The van der Waals surface area contributed by atoms with Gasteiger partial charge < -0.3 is 14.8 Å². The second kappa shape index (κ2) is 70.1. The number of piperidine rings is 1. The third-order valence-electron chi connectivity index (χ3n) is 18.2. The van der Waals surface area contributed by atoms with Crippen molar-refractivity contribution in [2.45, 2.75) is 403 Å². The summed E-state index contributed by atoms with van der Waals surface area (Å²) in [5, 5.41) is 27.2. The summed E-state index contributed by atoms with van der Waals surface area (Å²) in [6, 6.07) is 59.5. The lowest BCUT2D eigenvalue weighted by atomic mass is 9.74. The molecule has 3 aliphatic heterocycles. The third-order valence-corrected chi connectivity index (χ3v) is 18.2. The number of aromatic amines is 2. The number of likely N-dealkylation sites (tertiary alicyclic amines) is 1. The number of para-hydroxylation sites is 1. The minimum atomic E-state index is 0.00694. The van der Waals surface area contributed by atoms with E-state index in [1.54, 1.807) is 5.57 Å². The number of H-pyrrole nitrogens is 2. The van der Waals surface area contributed by atoms with Gasteiger partial charge >= 0.3 is 0 Å². The summed E-state index contributed by atoms with van der Waals surface area (Å²) in [6.45, 7) is 106. The zero-order valence-electron chi connectivity index (χ0n) is 90.9. The number of tetrazole rings is 1. The van der Waals surface area contributed by atoms with E-state index in [0.717, 1.165) is 43.1 Å². The summed E-state index contributed by atoms with van der Waals surface area (Å²) >= 11 is 0. The van der Waals surface area contributed by atoms with Crippen LogP contribution in [0.15, 0.2) is 204 Å². The van der Waals surface area contributed by atoms with Crippen molar-refractivity contribution in [3.8, 4) is 0 Å². The molecule has 1 saturated carbocycles. The molecule has 4 aliphatic rings. The molecule has 126 heavy (non-hydrogen) atoms. The van der Waals surface area contributed by atoms with E-state index in [-0.39, 0.29) is 21.7 Å². The van der Waals surface area contributed by atoms with Gasteiger partial charge in [0.15, 0.2) is 11.6 Å². The Balaban J connectivity index is -0.000000311. The van der Waals surface area contributed by atoms with Crippen LogP contribution in [0.5, 0.6) is 0 Å². The highest BCUT2D eigenvalue weighted by atomic mass is 16.5. The van der Waals surface area contributed by atoms with Crippen molar-refractivity contribution in [1.29, 1.82) is 0 Å². The van der Waals surface area contributed by atoms with Gasteiger partial charge in [0, 0.05) is 47.4 Å². The van der Waals surface area contributed by atoms with E-state index < -0.39 is 0 Å². The maximum atomic E-state index is 4.58. The van der Waals surface area contributed by atoms with E-state index in [0.29, 0.717) is 27.2 Å². The quantitative estimate of drug-likeness (QED) is 0.128. The lowest BCUT2D eigenvalue weighted by Gasteiger charge is -2.46. The predicted molar refractivity (Wildman–Crippen MR) is 571 cm³/mol. The van der Waals surface area contributed by atoms with Gasteiger partial charge in [0.1, 0.15) is 0 Å². The number of nitrogens with one attached hydrogen (secondary N) is 3. The molecule has 7 aromatic carbocycles. The van der Waals surface area contributed by atoms with Crippen LogP contribution in [-0.4, -0.2) is 78.6 Å². The van der Waals surface area contributed by atoms with E-state index >= 15 is 0 Å². The van der Waals surface area contributed by atoms with Crippen LogP contribution in [0, 0.1) is 28.1 Å². The SMILES string of the molecule is C1=NCc2ccccc21.CC.CC.CC.CC.CC.CC.CC.CC.CC.CC(C)(C)C.CC(C)(C)C.CC(C)(C)C1=CCNCC1.CC(C)(C)N1CCC2CCCCC2C1.CC(C)(C)c1ccc2ccccc2c1.CC(C)(C)c1cccc2ccccc12.CC(C)(C)c1ccccc1.CC(C)(C)c1ncon1.CC(C)(C)c1nn[nH]n1.c1ccc2[nH]ccc2c1. The lowest BCUT2D eigenvalue weighted by molar-refractivity contribution is 0.0287. The van der Waals surface area contributed by atoms with Crippen LogP contribution < -0.4 is 5.32 Å². The van der Waals surface area contributed by atoms with Crippen LogP contribution in [0.2, 0.25) is 0 Å². The summed E-state index contributed by atoms with van der Waals surface area (Å²) in [6.07, 6.45) is 16.2. The second-order valence-electron chi connectivity index (χ2n) is 39.6. The Hall–Kier alpha value is -7.86. The molecule has 0 spiro atoms. The van der Waals surface area contributed by atoms with Gasteiger partial charge in [-0.3, -0.25) is 9.89 Å². The normalized spacial score (nSPS) is 13.9. The monoisotopic (exact) mass is 1740 g/mol. The van der Waals surface area contributed by atoms with Gasteiger partial charge in [0.25, 0.3) is 0 Å². The number of fused-ring (bicyclic) bond motifs is 5. The number of benzene rings is 7. The lowest BCUT2D eigenvalue weighted by Crippen LogP contribution is -2.50. The van der Waals surface area contributed by atoms with Crippen molar-refractivity contribution in [3.63, 3.8) is 0 Å². The molecule has 14 rings (SSSR count). The van der Waals surface area contributed by atoms with Gasteiger partial charge in [-0.2, -0.15) is 10.2 Å². The minimum Gasteiger partial charge on any atom is -0.361 e. The molecule has 3 aromatic heterocycles. The summed E-state index contributed by atoms with van der Waals surface area (Å²) in [5.41, 5.74) is 12.2. The van der Waals surface area contributed by atoms with Crippen LogP contribution in [-0.2, 0) is 33.6 Å². The van der Waals surface area contributed by atoms with Gasteiger partial charge in [0.05, 0.1) is 6.54 Å². The minimum absolute atomic E-state index is 0.00694. The number of aromatic nitrogens is 7. The topological polar surface area (TPSA) is 137 Å². The molecule has 11 heteroatoms. The number of hydrogen-bond acceptors (Lipinski definition) is 9. The Morgan fingerprint density at radius 3 is 1.29 bits per heavy atom. The van der Waals surface area contributed by atoms with Crippen LogP contribution >= 0.6 is 0 Å². The average molecular weight is 1740 g/mol. The third kappa shape index (κ3) is 60.8. The van der Waals surface area contributed by atoms with E-state index in [4.69, 9.17) is 0 Å². The summed E-state index contributed by atoms with van der Waals surface area (Å²) in [5.74, 6) is 3.60. The Morgan fingerprint density at radius 2 is 0.873 bits per heavy atom. The largest absolute Gasteiger partial charge is 0.361 e. The highest BCUT2D eigenvalue weighted by Crippen LogP contribution is 2.38. The molecule has 2 atom stereocenters. The first kappa shape index (κ1) is 129. The first-order valence-electron chi connectivity index (χ1n) is 48.9. The molecular formula is C115H200N10O. The van der Waals surface area contributed by atoms with Crippen molar-refractivity contribution in [3.05, 3.63) is 234 Å². The first-order valence-corrected chi connectivity index (χ1v) is 48.9. The Morgan fingerprint density at radius 1 is 0.405 bits per heavy atom. The molecule has 3 N–H and O–H groups in total. The Labute approximate surface area is 780 Å². The molecule has 716 valence electrons. The highest BCUT2D eigenvalue weighted by molar-refractivity contribution is 5.87. The zero-order chi connectivity index (χ0) is 98.8. The first-order chi connectivity index (χ1) is 59.1. The van der Waals surface area contributed by atoms with Crippen molar-refractivity contribution in [2.24, 2.45) is 33.1 Å². The molecule has 1 saturated heterocycles. The molecule has 2 fully saturated rings. The van der Waals surface area contributed by atoms with Gasteiger partial charge in [0.2, 0.25) is 6.39 Å². The van der Waals surface area contributed by atoms with Crippen LogP contribution in [0.25, 0.3) is 32.4 Å². The fourth-order valence-electron chi connectivity index (χ4n) is 12.0. The number of rotatable bonds is 0. The standard InChI is InChI=1S/2C14H16.C13H25N.C10H14.C9H17N.2C8H7N.C6H10N2O.C5H10N4.2C5H12.9C2H6/c1-14(2,3)13-10-6-8-11-7-4-5-9-12(11)13;1-14(2,3)13-9-8-11-6-4-5-7-12(11)10-13;1-13(2,3)14-9-8-11-6-4-5-7-12(11)10-14;1-10(2,3)9-7-5-4-6-8-9;1-9(2,3)8-4-6-10-7-5-8;1-2-4-8-6-9-5-7(8)3-1;1-2-4-8-7(3-1)5-6-9-8;1-6(2,3)5-7-4-9-8-5;1-5(2,3)4-6-8-9-7-4;2*1-5(2,3)4;9*1-2/h2*4-10H,1-3H3;11-12H,4-10H2,1-3H3;4-8H,1-3H3;4,10H,5-7H2,1-3H3;1-5H,6H2;1-6,9H;4H,1-3H3;1-3H3,(H,6,7,8,9);2*1-4H3;9*1-2H3. The smallest absolute Gasteiger partial charge is 0.213 e. The van der Waals surface area contributed by atoms with Crippen molar-refractivity contribution >= 4 is 38.7 Å². The van der Waals surface area contributed by atoms with Crippen molar-refractivity contribution in [2.75, 3.05) is 26.2 Å². The van der Waals surface area contributed by atoms with Crippen molar-refractivity contribution in [1.82, 2.24) is 46.0 Å². The zero-order valence-corrected chi connectivity index (χ0v) is 90.9. The molecule has 0 radical (unpaired) electrons. The Kier molecular flexibility index (Phi) is 71.7. The number of nitrogens with zero attached hydrogens (tertiary/aromatic N) is 7. The van der Waals surface area contributed by atoms with Gasteiger partial charge in [-0.25, -0.2) is 0 Å². The predicted octanol–water partition coefficient (Wildman–Crippen LogP) is 35.5. The second-order valence-corrected chi connectivity index (χ2v) is 39.6. The fraction of sp³-hybridized carbons (Fsp3) is 0.600. The fourth-order valence-corrected chi connectivity index (χ4v) is 12.0. The van der Waals surface area contributed by atoms with Crippen LogP contribution in [0.4, 0.5) is 0 Å². The molecule has 1 aliphatic carbocycles. The molecule has 2 unspecified atom stereocenters. The van der Waals surface area contributed by atoms with Crippen molar-refractivity contribution < 1.29 is 4.52 Å². The Bertz CT molecular complexity index is 4040.